The van der Waals surface area contributed by atoms with Crippen molar-refractivity contribution in [2.24, 2.45) is 0 Å². The number of hydrogen-bond donors (Lipinski definition) is 2. The first-order chi connectivity index (χ1) is 8.67. The number of rotatable bonds is 7. The average molecular weight is 254 g/mol. The molecule has 6 nitrogen and oxygen atoms in total. The van der Waals surface area contributed by atoms with Gasteiger partial charge in [0.15, 0.2) is 6.61 Å². The second-order valence-electron chi connectivity index (χ2n) is 3.54. The van der Waals surface area contributed by atoms with E-state index in [4.69, 9.17) is 19.9 Å². The SMILES string of the molecule is COCCNC(=O)COc1ccc(OC)cc1N. The van der Waals surface area contributed by atoms with Crippen molar-refractivity contribution in [1.82, 2.24) is 5.32 Å². The Hall–Kier alpha value is -1.95. The van der Waals surface area contributed by atoms with E-state index in [1.165, 1.54) is 0 Å². The first-order valence-corrected chi connectivity index (χ1v) is 5.49. The van der Waals surface area contributed by atoms with Crippen LogP contribution >= 0.6 is 0 Å². The zero-order chi connectivity index (χ0) is 13.4. The molecule has 1 rings (SSSR count). The van der Waals surface area contributed by atoms with Gasteiger partial charge >= 0.3 is 0 Å². The number of ether oxygens (including phenoxy) is 3. The van der Waals surface area contributed by atoms with Gasteiger partial charge in [0.25, 0.3) is 5.91 Å². The minimum absolute atomic E-state index is 0.0831. The predicted molar refractivity (Wildman–Crippen MR) is 67.8 cm³/mol. The van der Waals surface area contributed by atoms with Crippen molar-refractivity contribution >= 4 is 11.6 Å². The van der Waals surface area contributed by atoms with Crippen molar-refractivity contribution in [2.75, 3.05) is 39.7 Å². The van der Waals surface area contributed by atoms with Crippen molar-refractivity contribution < 1.29 is 19.0 Å². The molecule has 6 heteroatoms. The molecular weight excluding hydrogens is 236 g/mol. The number of nitrogens with two attached hydrogens (primary N) is 1. The van der Waals surface area contributed by atoms with Crippen molar-refractivity contribution in [3.05, 3.63) is 18.2 Å². The molecule has 0 radical (unpaired) electrons. The Kier molecular flexibility index (Phi) is 5.79. The van der Waals surface area contributed by atoms with Gasteiger partial charge in [0.1, 0.15) is 11.5 Å². The van der Waals surface area contributed by atoms with Gasteiger partial charge in [0, 0.05) is 19.7 Å². The molecule has 1 amide bonds. The zero-order valence-electron chi connectivity index (χ0n) is 10.6. The van der Waals surface area contributed by atoms with Gasteiger partial charge in [0.2, 0.25) is 0 Å². The van der Waals surface area contributed by atoms with Gasteiger partial charge in [-0.2, -0.15) is 0 Å². The first-order valence-electron chi connectivity index (χ1n) is 5.49. The number of carbonyl (C=O) groups excluding carboxylic acids is 1. The summed E-state index contributed by atoms with van der Waals surface area (Å²) in [6.45, 7) is 0.841. The van der Waals surface area contributed by atoms with Crippen LogP contribution in [-0.4, -0.2) is 39.9 Å². The Labute approximate surface area is 106 Å². The van der Waals surface area contributed by atoms with E-state index in [2.05, 4.69) is 5.32 Å². The van der Waals surface area contributed by atoms with Gasteiger partial charge in [-0.25, -0.2) is 0 Å². The molecule has 0 aliphatic carbocycles. The molecule has 0 aliphatic heterocycles. The van der Waals surface area contributed by atoms with Crippen LogP contribution in [0, 0.1) is 0 Å². The maximum atomic E-state index is 11.4. The smallest absolute Gasteiger partial charge is 0.258 e. The molecule has 100 valence electrons. The van der Waals surface area contributed by atoms with Crippen molar-refractivity contribution in [3.8, 4) is 11.5 Å². The molecule has 3 N–H and O–H groups in total. The highest BCUT2D eigenvalue weighted by atomic mass is 16.5. The third-order valence-corrected chi connectivity index (χ3v) is 2.20. The molecular formula is C12H18N2O4. The number of methoxy groups -OCH3 is 2. The molecule has 0 atom stereocenters. The van der Waals surface area contributed by atoms with E-state index in [0.717, 1.165) is 0 Å². The normalized spacial score (nSPS) is 9.89. The van der Waals surface area contributed by atoms with E-state index >= 15 is 0 Å². The summed E-state index contributed by atoms with van der Waals surface area (Å²) in [7, 11) is 3.12. The molecule has 0 aromatic heterocycles. The Morgan fingerprint density at radius 2 is 2.17 bits per heavy atom. The summed E-state index contributed by atoms with van der Waals surface area (Å²) in [5.74, 6) is 0.879. The van der Waals surface area contributed by atoms with Crippen LogP contribution in [0.1, 0.15) is 0 Å². The second-order valence-corrected chi connectivity index (χ2v) is 3.54. The largest absolute Gasteiger partial charge is 0.497 e. The lowest BCUT2D eigenvalue weighted by atomic mass is 10.3. The van der Waals surface area contributed by atoms with Gasteiger partial charge in [-0.15, -0.1) is 0 Å². The van der Waals surface area contributed by atoms with Gasteiger partial charge in [0.05, 0.1) is 19.4 Å². The Balaban J connectivity index is 2.41. The van der Waals surface area contributed by atoms with E-state index in [-0.39, 0.29) is 12.5 Å². The number of nitrogens with one attached hydrogen (secondary N) is 1. The van der Waals surface area contributed by atoms with Crippen LogP contribution in [0.3, 0.4) is 0 Å². The molecule has 0 aliphatic rings. The molecule has 0 heterocycles. The van der Waals surface area contributed by atoms with E-state index in [1.54, 1.807) is 32.4 Å². The molecule has 1 aromatic carbocycles. The molecule has 0 saturated carbocycles. The lowest BCUT2D eigenvalue weighted by Crippen LogP contribution is -2.31. The van der Waals surface area contributed by atoms with E-state index < -0.39 is 0 Å². The molecule has 0 spiro atoms. The monoisotopic (exact) mass is 254 g/mol. The second kappa shape index (κ2) is 7.39. The minimum atomic E-state index is -0.220. The summed E-state index contributed by atoms with van der Waals surface area (Å²) in [5, 5.41) is 2.64. The van der Waals surface area contributed by atoms with Crippen LogP contribution < -0.4 is 20.5 Å². The predicted octanol–water partition coefficient (Wildman–Crippen LogP) is 0.419. The number of benzene rings is 1. The summed E-state index contributed by atoms with van der Waals surface area (Å²) in [6, 6.07) is 5.02. The summed E-state index contributed by atoms with van der Waals surface area (Å²) >= 11 is 0. The number of carbonyl (C=O) groups is 1. The van der Waals surface area contributed by atoms with Crippen LogP contribution in [0.2, 0.25) is 0 Å². The third kappa shape index (κ3) is 4.50. The van der Waals surface area contributed by atoms with Gasteiger partial charge in [-0.1, -0.05) is 0 Å². The highest BCUT2D eigenvalue weighted by molar-refractivity contribution is 5.77. The highest BCUT2D eigenvalue weighted by Gasteiger charge is 2.05. The van der Waals surface area contributed by atoms with E-state index in [9.17, 15) is 4.79 Å². The number of nitrogen functional groups attached to an aromatic ring is 1. The topological polar surface area (TPSA) is 82.8 Å². The fourth-order valence-electron chi connectivity index (χ4n) is 1.27. The molecule has 0 saturated heterocycles. The Morgan fingerprint density at radius 3 is 2.78 bits per heavy atom. The summed E-state index contributed by atoms with van der Waals surface area (Å²) in [4.78, 5) is 11.4. The van der Waals surface area contributed by atoms with Gasteiger partial charge < -0.3 is 25.3 Å². The third-order valence-electron chi connectivity index (χ3n) is 2.20. The quantitative estimate of drug-likeness (QED) is 0.544. The molecule has 0 bridgehead atoms. The van der Waals surface area contributed by atoms with Crippen molar-refractivity contribution in [2.45, 2.75) is 0 Å². The average Bonchev–Trinajstić information content (AvgIpc) is 2.37. The highest BCUT2D eigenvalue weighted by Crippen LogP contribution is 2.25. The summed E-state index contributed by atoms with van der Waals surface area (Å²) in [5.41, 5.74) is 6.18. The minimum Gasteiger partial charge on any atom is -0.497 e. The standard InChI is InChI=1S/C12H18N2O4/c1-16-6-5-14-12(15)8-18-11-4-3-9(17-2)7-10(11)13/h3-4,7H,5-6,8,13H2,1-2H3,(H,14,15). The fourth-order valence-corrected chi connectivity index (χ4v) is 1.27. The summed E-state index contributed by atoms with van der Waals surface area (Å²) in [6.07, 6.45) is 0. The van der Waals surface area contributed by atoms with E-state index in [1.807, 2.05) is 0 Å². The lowest BCUT2D eigenvalue weighted by molar-refractivity contribution is -0.123. The summed E-state index contributed by atoms with van der Waals surface area (Å²) < 4.78 is 15.1. The molecule has 0 unspecified atom stereocenters. The van der Waals surface area contributed by atoms with Gasteiger partial charge in [-0.3, -0.25) is 4.79 Å². The Morgan fingerprint density at radius 1 is 1.39 bits per heavy atom. The van der Waals surface area contributed by atoms with Gasteiger partial charge in [-0.05, 0) is 12.1 Å². The molecule has 18 heavy (non-hydrogen) atoms. The maximum absolute atomic E-state index is 11.4. The zero-order valence-corrected chi connectivity index (χ0v) is 10.6. The van der Waals surface area contributed by atoms with Crippen LogP contribution in [-0.2, 0) is 9.53 Å². The molecule has 0 fully saturated rings. The first kappa shape index (κ1) is 14.1. The number of hydrogen-bond acceptors (Lipinski definition) is 5. The number of anilines is 1. The van der Waals surface area contributed by atoms with Crippen LogP contribution in [0.5, 0.6) is 11.5 Å². The fraction of sp³-hybridized carbons (Fsp3) is 0.417. The van der Waals surface area contributed by atoms with E-state index in [0.29, 0.717) is 30.3 Å². The number of amides is 1. The Bertz CT molecular complexity index is 396. The lowest BCUT2D eigenvalue weighted by Gasteiger charge is -2.10. The van der Waals surface area contributed by atoms with Crippen molar-refractivity contribution in [1.29, 1.82) is 0 Å². The van der Waals surface area contributed by atoms with Crippen LogP contribution in [0.25, 0.3) is 0 Å². The van der Waals surface area contributed by atoms with Crippen LogP contribution in [0.15, 0.2) is 18.2 Å². The van der Waals surface area contributed by atoms with Crippen molar-refractivity contribution in [3.63, 3.8) is 0 Å². The van der Waals surface area contributed by atoms with Crippen LogP contribution in [0.4, 0.5) is 5.69 Å². The molecule has 1 aromatic rings. The maximum Gasteiger partial charge on any atom is 0.258 e.